The first-order chi connectivity index (χ1) is 8.85. The lowest BCUT2D eigenvalue weighted by Crippen LogP contribution is -2.40. The van der Waals surface area contributed by atoms with E-state index in [0.717, 1.165) is 25.2 Å². The molecule has 0 aromatic rings. The highest BCUT2D eigenvalue weighted by Crippen LogP contribution is 2.40. The molecule has 3 heteroatoms. The summed E-state index contributed by atoms with van der Waals surface area (Å²) in [5, 5.41) is 3.17. The molecule has 0 aromatic carbocycles. The van der Waals surface area contributed by atoms with Gasteiger partial charge in [-0.15, -0.1) is 0 Å². The maximum absolute atomic E-state index is 11.8. The van der Waals surface area contributed by atoms with Crippen molar-refractivity contribution >= 4 is 5.91 Å². The van der Waals surface area contributed by atoms with Gasteiger partial charge in [0.05, 0.1) is 0 Å². The van der Waals surface area contributed by atoms with Gasteiger partial charge in [0.2, 0.25) is 5.91 Å². The average molecular weight is 268 g/mol. The minimum absolute atomic E-state index is 0.117. The molecule has 19 heavy (non-hydrogen) atoms. The summed E-state index contributed by atoms with van der Waals surface area (Å²) in [5.74, 6) is 0.991. The maximum atomic E-state index is 11.8. The lowest BCUT2D eigenvalue weighted by Gasteiger charge is -2.39. The van der Waals surface area contributed by atoms with Crippen molar-refractivity contribution in [3.63, 3.8) is 0 Å². The van der Waals surface area contributed by atoms with E-state index in [9.17, 15) is 4.79 Å². The summed E-state index contributed by atoms with van der Waals surface area (Å²) in [5.41, 5.74) is 6.12. The van der Waals surface area contributed by atoms with E-state index < -0.39 is 0 Å². The summed E-state index contributed by atoms with van der Waals surface area (Å²) < 4.78 is 0. The number of amides is 1. The molecule has 0 spiro atoms. The van der Waals surface area contributed by atoms with Crippen LogP contribution >= 0.6 is 0 Å². The fourth-order valence-corrected chi connectivity index (χ4v) is 2.97. The predicted octanol–water partition coefficient (Wildman–Crippen LogP) is 3.23. The Kier molecular flexibility index (Phi) is 6.31. The third-order valence-corrected chi connectivity index (χ3v) is 4.94. The summed E-state index contributed by atoms with van der Waals surface area (Å²) in [6, 6.07) is 0.510. The Balaban J connectivity index is 2.28. The number of nitrogens with one attached hydrogen (secondary N) is 1. The normalized spacial score (nSPS) is 25.9. The second-order valence-electron chi connectivity index (χ2n) is 6.97. The molecule has 1 aliphatic rings. The highest BCUT2D eigenvalue weighted by Gasteiger charge is 2.32. The van der Waals surface area contributed by atoms with Crippen molar-refractivity contribution in [2.24, 2.45) is 17.1 Å². The predicted molar refractivity (Wildman–Crippen MR) is 80.8 cm³/mol. The molecule has 1 rings (SSSR count). The highest BCUT2D eigenvalue weighted by atomic mass is 16.1. The molecule has 0 aliphatic heterocycles. The number of carbonyl (C=O) groups is 1. The van der Waals surface area contributed by atoms with Crippen molar-refractivity contribution < 1.29 is 4.79 Å². The third-order valence-electron chi connectivity index (χ3n) is 4.94. The first kappa shape index (κ1) is 16.5. The van der Waals surface area contributed by atoms with Crippen LogP contribution in [0.25, 0.3) is 0 Å². The molecule has 1 aliphatic carbocycles. The maximum Gasteiger partial charge on any atom is 0.220 e. The van der Waals surface area contributed by atoms with Crippen LogP contribution in [0.4, 0.5) is 0 Å². The molecule has 1 saturated carbocycles. The van der Waals surface area contributed by atoms with Crippen LogP contribution in [0.15, 0.2) is 0 Å². The first-order valence-corrected chi connectivity index (χ1v) is 7.90. The topological polar surface area (TPSA) is 55.1 Å². The fraction of sp³-hybridized carbons (Fsp3) is 0.938. The van der Waals surface area contributed by atoms with E-state index in [1.807, 2.05) is 6.92 Å². The number of carbonyl (C=O) groups excluding carboxylic acids is 1. The molecule has 112 valence electrons. The minimum atomic E-state index is 0.117. The Morgan fingerprint density at radius 1 is 1.32 bits per heavy atom. The molecule has 0 bridgehead atoms. The van der Waals surface area contributed by atoms with Gasteiger partial charge in [0.1, 0.15) is 0 Å². The molecular formula is C16H32N2O. The van der Waals surface area contributed by atoms with Gasteiger partial charge in [-0.3, -0.25) is 4.79 Å². The Hall–Kier alpha value is -0.570. The molecule has 1 atom stereocenters. The van der Waals surface area contributed by atoms with Crippen LogP contribution in [0.1, 0.15) is 72.6 Å². The van der Waals surface area contributed by atoms with E-state index in [4.69, 9.17) is 5.73 Å². The number of hydrogen-bond acceptors (Lipinski definition) is 2. The number of hydrogen-bond donors (Lipinski definition) is 2. The van der Waals surface area contributed by atoms with Crippen molar-refractivity contribution in [1.82, 2.24) is 5.32 Å². The van der Waals surface area contributed by atoms with Crippen LogP contribution in [0.2, 0.25) is 0 Å². The molecule has 1 fully saturated rings. The van der Waals surface area contributed by atoms with Crippen molar-refractivity contribution in [3.8, 4) is 0 Å². The van der Waals surface area contributed by atoms with Crippen molar-refractivity contribution in [1.29, 1.82) is 0 Å². The van der Waals surface area contributed by atoms with Crippen LogP contribution in [0.3, 0.4) is 0 Å². The Labute approximate surface area is 118 Å². The van der Waals surface area contributed by atoms with Gasteiger partial charge in [-0.1, -0.05) is 27.2 Å². The SMILES string of the molecule is CCC(C)(C)C1CCC(NC(=O)CCC(C)N)CC1. The van der Waals surface area contributed by atoms with Crippen molar-refractivity contribution in [2.45, 2.75) is 84.7 Å². The summed E-state index contributed by atoms with van der Waals surface area (Å²) in [6.07, 6.45) is 7.36. The lowest BCUT2D eigenvalue weighted by atomic mass is 9.69. The molecule has 0 heterocycles. The molecule has 1 unspecified atom stereocenters. The van der Waals surface area contributed by atoms with Gasteiger partial charge in [0, 0.05) is 18.5 Å². The zero-order chi connectivity index (χ0) is 14.5. The Morgan fingerprint density at radius 2 is 1.89 bits per heavy atom. The van der Waals surface area contributed by atoms with E-state index in [1.165, 1.54) is 19.3 Å². The van der Waals surface area contributed by atoms with Crippen LogP contribution in [-0.4, -0.2) is 18.0 Å². The van der Waals surface area contributed by atoms with Gasteiger partial charge in [0.25, 0.3) is 0 Å². The third kappa shape index (κ3) is 5.52. The summed E-state index contributed by atoms with van der Waals surface area (Å²) >= 11 is 0. The van der Waals surface area contributed by atoms with Crippen molar-refractivity contribution in [3.05, 3.63) is 0 Å². The molecular weight excluding hydrogens is 236 g/mol. The minimum Gasteiger partial charge on any atom is -0.353 e. The molecule has 0 aromatic heterocycles. The first-order valence-electron chi connectivity index (χ1n) is 7.90. The van der Waals surface area contributed by atoms with E-state index in [0.29, 0.717) is 17.9 Å². The second-order valence-corrected chi connectivity index (χ2v) is 6.97. The fourth-order valence-electron chi connectivity index (χ4n) is 2.97. The van der Waals surface area contributed by atoms with Crippen LogP contribution in [0.5, 0.6) is 0 Å². The average Bonchev–Trinajstić information content (AvgIpc) is 2.37. The largest absolute Gasteiger partial charge is 0.353 e. The molecule has 0 saturated heterocycles. The second kappa shape index (κ2) is 7.28. The Morgan fingerprint density at radius 3 is 2.37 bits per heavy atom. The molecule has 3 nitrogen and oxygen atoms in total. The van der Waals surface area contributed by atoms with E-state index in [1.54, 1.807) is 0 Å². The standard InChI is InChI=1S/C16H32N2O/c1-5-16(3,4)13-7-9-14(10-8-13)18-15(19)11-6-12(2)17/h12-14H,5-11,17H2,1-4H3,(H,18,19). The lowest BCUT2D eigenvalue weighted by molar-refractivity contribution is -0.122. The van der Waals surface area contributed by atoms with Gasteiger partial charge >= 0.3 is 0 Å². The van der Waals surface area contributed by atoms with E-state index in [2.05, 4.69) is 26.1 Å². The summed E-state index contributed by atoms with van der Waals surface area (Å²) in [4.78, 5) is 11.8. The van der Waals surface area contributed by atoms with E-state index in [-0.39, 0.29) is 11.9 Å². The smallest absolute Gasteiger partial charge is 0.220 e. The zero-order valence-electron chi connectivity index (χ0n) is 13.2. The van der Waals surface area contributed by atoms with Crippen LogP contribution in [-0.2, 0) is 4.79 Å². The molecule has 1 amide bonds. The van der Waals surface area contributed by atoms with Crippen LogP contribution in [0, 0.1) is 11.3 Å². The number of nitrogens with two attached hydrogens (primary N) is 1. The molecule has 3 N–H and O–H groups in total. The number of rotatable bonds is 6. The van der Waals surface area contributed by atoms with Gasteiger partial charge < -0.3 is 11.1 Å². The van der Waals surface area contributed by atoms with E-state index >= 15 is 0 Å². The van der Waals surface area contributed by atoms with Crippen molar-refractivity contribution in [2.75, 3.05) is 0 Å². The van der Waals surface area contributed by atoms with Gasteiger partial charge in [-0.2, -0.15) is 0 Å². The van der Waals surface area contributed by atoms with Crippen LogP contribution < -0.4 is 11.1 Å². The van der Waals surface area contributed by atoms with Gasteiger partial charge in [0.15, 0.2) is 0 Å². The summed E-state index contributed by atoms with van der Waals surface area (Å²) in [7, 11) is 0. The Bertz CT molecular complexity index is 278. The van der Waals surface area contributed by atoms with Gasteiger partial charge in [-0.05, 0) is 50.4 Å². The summed E-state index contributed by atoms with van der Waals surface area (Å²) in [6.45, 7) is 8.98. The quantitative estimate of drug-likeness (QED) is 0.777. The molecule has 0 radical (unpaired) electrons. The highest BCUT2D eigenvalue weighted by molar-refractivity contribution is 5.76. The monoisotopic (exact) mass is 268 g/mol. The zero-order valence-corrected chi connectivity index (χ0v) is 13.2. The van der Waals surface area contributed by atoms with Gasteiger partial charge in [-0.25, -0.2) is 0 Å².